The monoisotopic (exact) mass is 193 g/mol. The molecule has 0 aliphatic rings. The highest BCUT2D eigenvalue weighted by Gasteiger charge is 2.11. The first kappa shape index (κ1) is 11.1. The van der Waals surface area contributed by atoms with Crippen LogP contribution in [-0.4, -0.2) is 19.4 Å². The maximum atomic E-state index is 5.67. The molecule has 0 saturated heterocycles. The zero-order valence-corrected chi connectivity index (χ0v) is 9.45. The van der Waals surface area contributed by atoms with Crippen LogP contribution in [-0.2, 0) is 4.74 Å². The summed E-state index contributed by atoms with van der Waals surface area (Å²) >= 11 is 0. The van der Waals surface area contributed by atoms with E-state index in [1.165, 1.54) is 5.69 Å². The number of nitrogens with zero attached hydrogens (tertiary/aromatic N) is 1. The number of para-hydroxylation sites is 1. The summed E-state index contributed by atoms with van der Waals surface area (Å²) in [5.41, 5.74) is 1.10. The van der Waals surface area contributed by atoms with Gasteiger partial charge in [0, 0.05) is 12.7 Å². The van der Waals surface area contributed by atoms with E-state index in [4.69, 9.17) is 4.74 Å². The highest BCUT2D eigenvalue weighted by Crippen LogP contribution is 2.13. The van der Waals surface area contributed by atoms with Crippen molar-refractivity contribution in [3.05, 3.63) is 30.3 Å². The summed E-state index contributed by atoms with van der Waals surface area (Å²) in [5.74, 6) is 0. The molecular formula is C12H19NO. The lowest BCUT2D eigenvalue weighted by Gasteiger charge is -2.25. The van der Waals surface area contributed by atoms with Crippen LogP contribution in [0.2, 0.25) is 0 Å². The number of benzene rings is 1. The normalized spacial score (nSPS) is 11.4. The van der Waals surface area contributed by atoms with Gasteiger partial charge in [-0.05, 0) is 32.9 Å². The molecule has 0 bridgehead atoms. The largest absolute Gasteiger partial charge is 0.356 e. The fraction of sp³-hybridized carbons (Fsp3) is 0.500. The van der Waals surface area contributed by atoms with Crippen molar-refractivity contribution in [1.29, 1.82) is 0 Å². The predicted molar refractivity (Wildman–Crippen MR) is 60.6 cm³/mol. The molecule has 0 N–H and O–H groups in total. The van der Waals surface area contributed by atoms with Crippen LogP contribution in [0.4, 0.5) is 5.69 Å². The maximum absolute atomic E-state index is 5.67. The van der Waals surface area contributed by atoms with E-state index >= 15 is 0 Å². The predicted octanol–water partition coefficient (Wildman–Crippen LogP) is 2.90. The minimum absolute atomic E-state index is 0.0803. The lowest BCUT2D eigenvalue weighted by molar-refractivity contribution is -0.000646. The van der Waals surface area contributed by atoms with Gasteiger partial charge in [-0.3, -0.25) is 0 Å². The van der Waals surface area contributed by atoms with Crippen molar-refractivity contribution in [3.63, 3.8) is 0 Å². The van der Waals surface area contributed by atoms with Crippen molar-refractivity contribution in [2.75, 3.05) is 18.7 Å². The van der Waals surface area contributed by atoms with Crippen molar-refractivity contribution < 1.29 is 4.74 Å². The van der Waals surface area contributed by atoms with Gasteiger partial charge in [-0.1, -0.05) is 18.2 Å². The molecule has 0 unspecified atom stereocenters. The van der Waals surface area contributed by atoms with E-state index in [2.05, 4.69) is 37.8 Å². The quantitative estimate of drug-likeness (QED) is 0.684. The molecule has 0 spiro atoms. The molecule has 2 heteroatoms. The SMILES string of the molecule is CN(COC(C)(C)C)c1ccccc1. The second-order valence-corrected chi connectivity index (χ2v) is 4.42. The van der Waals surface area contributed by atoms with Crippen molar-refractivity contribution in [2.24, 2.45) is 0 Å². The van der Waals surface area contributed by atoms with Gasteiger partial charge in [-0.15, -0.1) is 0 Å². The Balaban J connectivity index is 2.48. The number of hydrogen-bond donors (Lipinski definition) is 0. The molecule has 0 aliphatic heterocycles. The molecule has 0 atom stereocenters. The van der Waals surface area contributed by atoms with Gasteiger partial charge in [0.25, 0.3) is 0 Å². The van der Waals surface area contributed by atoms with Gasteiger partial charge in [0.05, 0.1) is 5.60 Å². The third-order valence-corrected chi connectivity index (χ3v) is 1.89. The first-order chi connectivity index (χ1) is 6.49. The Labute approximate surface area is 86.5 Å². The molecule has 0 saturated carbocycles. The maximum Gasteiger partial charge on any atom is 0.119 e. The number of hydrogen-bond acceptors (Lipinski definition) is 2. The Morgan fingerprint density at radius 2 is 1.71 bits per heavy atom. The Kier molecular flexibility index (Phi) is 3.53. The highest BCUT2D eigenvalue weighted by atomic mass is 16.5. The third-order valence-electron chi connectivity index (χ3n) is 1.89. The number of rotatable bonds is 3. The van der Waals surface area contributed by atoms with Crippen LogP contribution >= 0.6 is 0 Å². The van der Waals surface area contributed by atoms with Crippen molar-refractivity contribution >= 4 is 5.69 Å². The van der Waals surface area contributed by atoms with Crippen LogP contribution in [0.3, 0.4) is 0 Å². The first-order valence-electron chi connectivity index (χ1n) is 4.89. The molecule has 1 aromatic rings. The molecule has 0 aromatic heterocycles. The molecule has 0 amide bonds. The van der Waals surface area contributed by atoms with Crippen LogP contribution < -0.4 is 4.90 Å². The van der Waals surface area contributed by atoms with Gasteiger partial charge in [0.15, 0.2) is 0 Å². The average Bonchev–Trinajstić information content (AvgIpc) is 2.14. The van der Waals surface area contributed by atoms with Gasteiger partial charge in [-0.2, -0.15) is 0 Å². The second-order valence-electron chi connectivity index (χ2n) is 4.42. The van der Waals surface area contributed by atoms with Gasteiger partial charge in [-0.25, -0.2) is 0 Å². The molecule has 2 nitrogen and oxygen atoms in total. The van der Waals surface area contributed by atoms with Crippen LogP contribution in [0, 0.1) is 0 Å². The molecule has 0 radical (unpaired) electrons. The third kappa shape index (κ3) is 3.79. The van der Waals surface area contributed by atoms with Crippen molar-refractivity contribution in [3.8, 4) is 0 Å². The minimum Gasteiger partial charge on any atom is -0.356 e. The summed E-state index contributed by atoms with van der Waals surface area (Å²) in [4.78, 5) is 2.09. The summed E-state index contributed by atoms with van der Waals surface area (Å²) in [6, 6.07) is 10.2. The van der Waals surface area contributed by atoms with E-state index < -0.39 is 0 Å². The Morgan fingerprint density at radius 3 is 2.21 bits per heavy atom. The van der Waals surface area contributed by atoms with Gasteiger partial charge < -0.3 is 9.64 Å². The second kappa shape index (κ2) is 4.47. The lowest BCUT2D eigenvalue weighted by Crippen LogP contribution is -2.29. The molecule has 14 heavy (non-hydrogen) atoms. The molecule has 0 heterocycles. The lowest BCUT2D eigenvalue weighted by atomic mass is 10.2. The minimum atomic E-state index is -0.0803. The first-order valence-corrected chi connectivity index (χ1v) is 4.89. The fourth-order valence-corrected chi connectivity index (χ4v) is 1.05. The van der Waals surface area contributed by atoms with E-state index in [1.807, 2.05) is 25.2 Å². The van der Waals surface area contributed by atoms with E-state index in [9.17, 15) is 0 Å². The molecule has 1 aromatic carbocycles. The molecule has 78 valence electrons. The van der Waals surface area contributed by atoms with Crippen LogP contribution in [0.25, 0.3) is 0 Å². The van der Waals surface area contributed by atoms with E-state index in [0.29, 0.717) is 6.73 Å². The summed E-state index contributed by atoms with van der Waals surface area (Å²) < 4.78 is 5.67. The Morgan fingerprint density at radius 1 is 1.14 bits per heavy atom. The van der Waals surface area contributed by atoms with Gasteiger partial charge in [0.1, 0.15) is 6.73 Å². The van der Waals surface area contributed by atoms with Crippen molar-refractivity contribution in [2.45, 2.75) is 26.4 Å². The van der Waals surface area contributed by atoms with Crippen LogP contribution in [0.1, 0.15) is 20.8 Å². The number of anilines is 1. The average molecular weight is 193 g/mol. The molecule has 0 aliphatic carbocycles. The van der Waals surface area contributed by atoms with Gasteiger partial charge >= 0.3 is 0 Å². The molecular weight excluding hydrogens is 174 g/mol. The highest BCUT2D eigenvalue weighted by molar-refractivity contribution is 5.44. The Hall–Kier alpha value is -1.02. The zero-order chi connectivity index (χ0) is 10.6. The number of ether oxygens (including phenoxy) is 1. The van der Waals surface area contributed by atoms with Gasteiger partial charge in [0.2, 0.25) is 0 Å². The van der Waals surface area contributed by atoms with Crippen LogP contribution in [0.15, 0.2) is 30.3 Å². The smallest absolute Gasteiger partial charge is 0.119 e. The summed E-state index contributed by atoms with van der Waals surface area (Å²) in [6.45, 7) is 6.80. The summed E-state index contributed by atoms with van der Waals surface area (Å²) in [6.07, 6.45) is 0. The summed E-state index contributed by atoms with van der Waals surface area (Å²) in [7, 11) is 2.03. The summed E-state index contributed by atoms with van der Waals surface area (Å²) in [5, 5.41) is 0. The molecule has 1 rings (SSSR count). The van der Waals surface area contributed by atoms with Crippen molar-refractivity contribution in [1.82, 2.24) is 0 Å². The topological polar surface area (TPSA) is 12.5 Å². The zero-order valence-electron chi connectivity index (χ0n) is 9.45. The Bertz CT molecular complexity index is 263. The fourth-order valence-electron chi connectivity index (χ4n) is 1.05. The van der Waals surface area contributed by atoms with Crippen LogP contribution in [0.5, 0.6) is 0 Å². The van der Waals surface area contributed by atoms with E-state index in [-0.39, 0.29) is 5.60 Å². The standard InChI is InChI=1S/C12H19NO/c1-12(2,3)14-10-13(4)11-8-6-5-7-9-11/h5-9H,10H2,1-4H3. The van der Waals surface area contributed by atoms with E-state index in [0.717, 1.165) is 0 Å². The molecule has 0 fully saturated rings. The van der Waals surface area contributed by atoms with E-state index in [1.54, 1.807) is 0 Å².